The van der Waals surface area contributed by atoms with Crippen molar-refractivity contribution in [1.82, 2.24) is 24.1 Å². The van der Waals surface area contributed by atoms with Crippen molar-refractivity contribution in [1.29, 1.82) is 0 Å². The van der Waals surface area contributed by atoms with Crippen LogP contribution >= 0.6 is 0 Å². The van der Waals surface area contributed by atoms with Gasteiger partial charge in [0.2, 0.25) is 5.91 Å². The molecule has 8 nitrogen and oxygen atoms in total. The Labute approximate surface area is 163 Å². The minimum atomic E-state index is -0.271. The molecule has 5 heterocycles. The summed E-state index contributed by atoms with van der Waals surface area (Å²) >= 11 is 0. The van der Waals surface area contributed by atoms with E-state index in [0.717, 1.165) is 18.5 Å². The van der Waals surface area contributed by atoms with Crippen LogP contribution in [0.25, 0.3) is 5.65 Å². The lowest BCUT2D eigenvalue weighted by Gasteiger charge is -2.48. The smallest absolute Gasteiger partial charge is 0.274 e. The minimum Gasteiger partial charge on any atom is -0.381 e. The van der Waals surface area contributed by atoms with Gasteiger partial charge in [0.25, 0.3) is 5.91 Å². The average Bonchev–Trinajstić information content (AvgIpc) is 3.26. The molecule has 3 saturated heterocycles. The molecule has 2 amide bonds. The molecule has 0 aromatic carbocycles. The van der Waals surface area contributed by atoms with Crippen molar-refractivity contribution in [2.75, 3.05) is 39.4 Å². The van der Waals surface area contributed by atoms with Crippen LogP contribution in [0.3, 0.4) is 0 Å². The first-order valence-corrected chi connectivity index (χ1v) is 10.0. The number of fused-ring (bicyclic) bond motifs is 3. The maximum absolute atomic E-state index is 13.2. The Bertz CT molecular complexity index is 886. The highest BCUT2D eigenvalue weighted by molar-refractivity contribution is 5.94. The van der Waals surface area contributed by atoms with E-state index in [-0.39, 0.29) is 23.5 Å². The summed E-state index contributed by atoms with van der Waals surface area (Å²) in [4.78, 5) is 36.8. The second kappa shape index (κ2) is 6.56. The van der Waals surface area contributed by atoms with E-state index in [1.807, 2.05) is 40.6 Å². The standard InChI is InChI=1S/C20H25N5O3/c1-2-24-19(27)16-14-23(9-10-25(16)20(24)6-11-28-12-7-20)18(26)15-13-22-8-4-3-5-17(22)21-15/h3-5,8,13,16H,2,6-7,9-12,14H2,1H3/t16-/m1/s1. The number of piperazine rings is 1. The molecule has 0 unspecified atom stereocenters. The number of imidazole rings is 1. The summed E-state index contributed by atoms with van der Waals surface area (Å²) in [6.07, 6.45) is 5.32. The lowest BCUT2D eigenvalue weighted by molar-refractivity contribution is -0.135. The summed E-state index contributed by atoms with van der Waals surface area (Å²) in [6.45, 7) is 5.81. The van der Waals surface area contributed by atoms with Crippen molar-refractivity contribution in [3.8, 4) is 0 Å². The van der Waals surface area contributed by atoms with Gasteiger partial charge in [0.05, 0.1) is 13.2 Å². The van der Waals surface area contributed by atoms with Gasteiger partial charge in [-0.2, -0.15) is 0 Å². The summed E-state index contributed by atoms with van der Waals surface area (Å²) in [5.41, 5.74) is 0.936. The molecule has 1 atom stereocenters. The summed E-state index contributed by atoms with van der Waals surface area (Å²) in [6, 6.07) is 5.42. The number of hydrogen-bond donors (Lipinski definition) is 0. The number of ether oxygens (including phenoxy) is 1. The second-order valence-corrected chi connectivity index (χ2v) is 7.73. The molecule has 8 heteroatoms. The quantitative estimate of drug-likeness (QED) is 0.768. The first-order valence-electron chi connectivity index (χ1n) is 10.0. The molecule has 28 heavy (non-hydrogen) atoms. The number of amides is 2. The third kappa shape index (κ3) is 2.48. The third-order valence-corrected chi connectivity index (χ3v) is 6.45. The van der Waals surface area contributed by atoms with Gasteiger partial charge in [0.15, 0.2) is 0 Å². The van der Waals surface area contributed by atoms with E-state index in [2.05, 4.69) is 9.88 Å². The molecule has 0 radical (unpaired) electrons. The molecule has 0 bridgehead atoms. The van der Waals surface area contributed by atoms with E-state index >= 15 is 0 Å². The Morgan fingerprint density at radius 3 is 2.86 bits per heavy atom. The zero-order valence-electron chi connectivity index (χ0n) is 16.1. The van der Waals surface area contributed by atoms with Gasteiger partial charge in [0, 0.05) is 51.4 Å². The highest BCUT2D eigenvalue weighted by atomic mass is 16.5. The summed E-state index contributed by atoms with van der Waals surface area (Å²) in [7, 11) is 0. The van der Waals surface area contributed by atoms with Crippen LogP contribution in [-0.4, -0.2) is 87.0 Å². The summed E-state index contributed by atoms with van der Waals surface area (Å²) in [5.74, 6) is 0.0315. The highest BCUT2D eigenvalue weighted by Gasteiger charge is 2.58. The van der Waals surface area contributed by atoms with Crippen LogP contribution in [0.4, 0.5) is 0 Å². The Morgan fingerprint density at radius 2 is 2.11 bits per heavy atom. The number of pyridine rings is 1. The molecule has 3 aliphatic rings. The number of likely N-dealkylation sites (N-methyl/N-ethyl adjacent to an activating group) is 1. The van der Waals surface area contributed by atoms with E-state index in [0.29, 0.717) is 45.1 Å². The second-order valence-electron chi connectivity index (χ2n) is 7.73. The fourth-order valence-electron chi connectivity index (χ4n) is 5.12. The molecular formula is C20H25N5O3. The van der Waals surface area contributed by atoms with Gasteiger partial charge in [-0.25, -0.2) is 4.98 Å². The van der Waals surface area contributed by atoms with E-state index < -0.39 is 0 Å². The van der Waals surface area contributed by atoms with E-state index in [1.54, 1.807) is 11.1 Å². The summed E-state index contributed by atoms with van der Waals surface area (Å²) < 4.78 is 7.42. The molecule has 0 aliphatic carbocycles. The van der Waals surface area contributed by atoms with Crippen molar-refractivity contribution < 1.29 is 14.3 Å². The van der Waals surface area contributed by atoms with E-state index in [1.165, 1.54) is 0 Å². The summed E-state index contributed by atoms with van der Waals surface area (Å²) in [5, 5.41) is 0. The van der Waals surface area contributed by atoms with Crippen molar-refractivity contribution in [2.24, 2.45) is 0 Å². The van der Waals surface area contributed by atoms with Crippen LogP contribution in [-0.2, 0) is 9.53 Å². The fraction of sp³-hybridized carbons (Fsp3) is 0.550. The van der Waals surface area contributed by atoms with Gasteiger partial charge < -0.3 is 18.9 Å². The van der Waals surface area contributed by atoms with Crippen LogP contribution < -0.4 is 0 Å². The Morgan fingerprint density at radius 1 is 1.29 bits per heavy atom. The molecule has 3 aliphatic heterocycles. The number of carbonyl (C=O) groups is 2. The third-order valence-electron chi connectivity index (χ3n) is 6.45. The predicted octanol–water partition coefficient (Wildman–Crippen LogP) is 0.829. The minimum absolute atomic E-state index is 0.105. The monoisotopic (exact) mass is 383 g/mol. The largest absolute Gasteiger partial charge is 0.381 e. The van der Waals surface area contributed by atoms with Crippen molar-refractivity contribution in [3.05, 3.63) is 36.3 Å². The lowest BCUT2D eigenvalue weighted by atomic mass is 9.96. The van der Waals surface area contributed by atoms with Crippen LogP contribution in [0.2, 0.25) is 0 Å². The average molecular weight is 383 g/mol. The molecule has 2 aromatic rings. The zero-order chi connectivity index (χ0) is 19.3. The first kappa shape index (κ1) is 17.6. The van der Waals surface area contributed by atoms with Gasteiger partial charge in [-0.3, -0.25) is 14.5 Å². The Hall–Kier alpha value is -2.45. The van der Waals surface area contributed by atoms with Crippen LogP contribution in [0.15, 0.2) is 30.6 Å². The molecule has 5 rings (SSSR count). The molecule has 0 saturated carbocycles. The lowest BCUT2D eigenvalue weighted by Crippen LogP contribution is -2.62. The van der Waals surface area contributed by atoms with E-state index in [9.17, 15) is 9.59 Å². The van der Waals surface area contributed by atoms with Crippen molar-refractivity contribution in [3.63, 3.8) is 0 Å². The van der Waals surface area contributed by atoms with Gasteiger partial charge >= 0.3 is 0 Å². The number of rotatable bonds is 2. The van der Waals surface area contributed by atoms with Crippen molar-refractivity contribution in [2.45, 2.75) is 31.5 Å². The number of carbonyl (C=O) groups excluding carboxylic acids is 2. The Kier molecular flexibility index (Phi) is 4.13. The molecule has 0 N–H and O–H groups in total. The molecule has 148 valence electrons. The van der Waals surface area contributed by atoms with Gasteiger partial charge in [-0.05, 0) is 19.1 Å². The maximum Gasteiger partial charge on any atom is 0.274 e. The normalized spacial score (nSPS) is 24.9. The zero-order valence-corrected chi connectivity index (χ0v) is 16.1. The van der Waals surface area contributed by atoms with Crippen LogP contribution in [0, 0.1) is 0 Å². The molecular weight excluding hydrogens is 358 g/mol. The van der Waals surface area contributed by atoms with E-state index in [4.69, 9.17) is 4.74 Å². The predicted molar refractivity (Wildman–Crippen MR) is 102 cm³/mol. The number of nitrogens with zero attached hydrogens (tertiary/aromatic N) is 5. The van der Waals surface area contributed by atoms with Gasteiger partial charge in [-0.1, -0.05) is 6.07 Å². The molecule has 2 aromatic heterocycles. The highest BCUT2D eigenvalue weighted by Crippen LogP contribution is 2.41. The van der Waals surface area contributed by atoms with Crippen LogP contribution in [0.5, 0.6) is 0 Å². The van der Waals surface area contributed by atoms with Gasteiger partial charge in [-0.15, -0.1) is 0 Å². The van der Waals surface area contributed by atoms with Crippen LogP contribution in [0.1, 0.15) is 30.3 Å². The van der Waals surface area contributed by atoms with Crippen molar-refractivity contribution >= 4 is 17.5 Å². The number of hydrogen-bond acceptors (Lipinski definition) is 5. The topological polar surface area (TPSA) is 70.4 Å². The SMILES string of the molecule is CCN1C(=O)[C@H]2CN(C(=O)c3cn4ccccc4n3)CCN2C12CCOCC2. The molecule has 1 spiro atoms. The number of aromatic nitrogens is 2. The fourth-order valence-corrected chi connectivity index (χ4v) is 5.12. The first-order chi connectivity index (χ1) is 13.6. The maximum atomic E-state index is 13.2. The molecule has 3 fully saturated rings. The van der Waals surface area contributed by atoms with Gasteiger partial charge in [0.1, 0.15) is 23.0 Å². The Balaban J connectivity index is 1.40.